The number of amides is 1. The predicted molar refractivity (Wildman–Crippen MR) is 167 cm³/mol. The molecule has 0 spiro atoms. The van der Waals surface area contributed by atoms with Gasteiger partial charge >= 0.3 is 0 Å². The van der Waals surface area contributed by atoms with Gasteiger partial charge in [-0.3, -0.25) is 9.59 Å². The van der Waals surface area contributed by atoms with E-state index in [0.29, 0.717) is 11.3 Å². The number of nitrogens with one attached hydrogen (secondary N) is 1. The Morgan fingerprint density at radius 3 is 2.12 bits per heavy atom. The lowest BCUT2D eigenvalue weighted by Gasteiger charge is -2.22. The summed E-state index contributed by atoms with van der Waals surface area (Å²) in [5, 5.41) is 25.9. The minimum atomic E-state index is -0.684. The molecule has 0 saturated carbocycles. The molecule has 212 valence electrons. The van der Waals surface area contributed by atoms with Gasteiger partial charge in [-0.25, -0.2) is 0 Å². The molecule has 5 aromatic rings. The molecule has 0 radical (unpaired) electrons. The molecule has 0 aliphatic carbocycles. The van der Waals surface area contributed by atoms with Gasteiger partial charge in [-0.2, -0.15) is 0 Å². The maximum atomic E-state index is 13.5. The van der Waals surface area contributed by atoms with Crippen LogP contribution in [0, 0.1) is 0 Å². The van der Waals surface area contributed by atoms with Crippen LogP contribution in [0.15, 0.2) is 107 Å². The molecule has 7 heteroatoms. The number of aromatic hydroxyl groups is 2. The van der Waals surface area contributed by atoms with E-state index in [9.17, 15) is 19.8 Å². The van der Waals surface area contributed by atoms with Crippen LogP contribution in [0.5, 0.6) is 17.2 Å². The lowest BCUT2D eigenvalue weighted by atomic mass is 9.87. The normalized spacial score (nSPS) is 11.3. The Kier molecular flexibility index (Phi) is 7.96. The molecular formula is C35H31NO5S. The summed E-state index contributed by atoms with van der Waals surface area (Å²) < 4.78 is 5.27. The summed E-state index contributed by atoms with van der Waals surface area (Å²) in [6, 6.07) is 29.7. The molecule has 3 N–H and O–H groups in total. The number of methoxy groups -OCH3 is 1. The van der Waals surface area contributed by atoms with Crippen molar-refractivity contribution in [3.8, 4) is 17.2 Å². The van der Waals surface area contributed by atoms with Crippen LogP contribution >= 0.6 is 11.8 Å². The number of rotatable bonds is 7. The third kappa shape index (κ3) is 5.83. The first-order valence-corrected chi connectivity index (χ1v) is 14.2. The van der Waals surface area contributed by atoms with E-state index >= 15 is 0 Å². The van der Waals surface area contributed by atoms with Crippen molar-refractivity contribution in [1.29, 1.82) is 0 Å². The number of phenols is 2. The van der Waals surface area contributed by atoms with Crippen molar-refractivity contribution in [2.45, 2.75) is 36.0 Å². The number of ether oxygens (including phenoxy) is 1. The second-order valence-electron chi connectivity index (χ2n) is 10.9. The summed E-state index contributed by atoms with van der Waals surface area (Å²) in [5.41, 5.74) is 1.79. The Hall–Kier alpha value is -4.75. The Morgan fingerprint density at radius 1 is 0.762 bits per heavy atom. The summed E-state index contributed by atoms with van der Waals surface area (Å²) in [6.45, 7) is 6.54. The number of benzene rings is 5. The fraction of sp³-hybridized carbons (Fsp3) is 0.143. The third-order valence-electron chi connectivity index (χ3n) is 6.97. The zero-order valence-corrected chi connectivity index (χ0v) is 24.6. The topological polar surface area (TPSA) is 95.9 Å². The zero-order chi connectivity index (χ0) is 30.0. The monoisotopic (exact) mass is 577 g/mol. The first-order chi connectivity index (χ1) is 20.1. The molecule has 6 nitrogen and oxygen atoms in total. The van der Waals surface area contributed by atoms with Gasteiger partial charge in [0, 0.05) is 21.0 Å². The van der Waals surface area contributed by atoms with Crippen molar-refractivity contribution < 1.29 is 24.5 Å². The van der Waals surface area contributed by atoms with Crippen LogP contribution in [0.25, 0.3) is 10.8 Å². The van der Waals surface area contributed by atoms with Crippen molar-refractivity contribution in [3.05, 3.63) is 119 Å². The van der Waals surface area contributed by atoms with Gasteiger partial charge in [0.05, 0.1) is 18.2 Å². The average molecular weight is 578 g/mol. The first-order valence-electron chi connectivity index (χ1n) is 13.4. The number of phenolic OH excluding ortho intramolecular Hbond substituents is 2. The van der Waals surface area contributed by atoms with Crippen molar-refractivity contribution in [2.75, 3.05) is 12.4 Å². The van der Waals surface area contributed by atoms with Crippen LogP contribution in [0.1, 0.15) is 52.6 Å². The van der Waals surface area contributed by atoms with Crippen molar-refractivity contribution >= 4 is 39.9 Å². The fourth-order valence-corrected chi connectivity index (χ4v) is 5.94. The van der Waals surface area contributed by atoms with Gasteiger partial charge in [0.1, 0.15) is 0 Å². The third-order valence-corrected chi connectivity index (χ3v) is 8.05. The van der Waals surface area contributed by atoms with Crippen LogP contribution in [-0.2, 0) is 5.41 Å². The second kappa shape index (κ2) is 11.6. The highest BCUT2D eigenvalue weighted by atomic mass is 32.2. The summed E-state index contributed by atoms with van der Waals surface area (Å²) >= 11 is 1.64. The van der Waals surface area contributed by atoms with Gasteiger partial charge in [-0.05, 0) is 64.2 Å². The van der Waals surface area contributed by atoms with Crippen molar-refractivity contribution in [3.63, 3.8) is 0 Å². The molecule has 0 aliphatic heterocycles. The number of hydrogen-bond donors (Lipinski definition) is 3. The van der Waals surface area contributed by atoms with E-state index in [4.69, 9.17) is 4.74 Å². The van der Waals surface area contributed by atoms with Crippen LogP contribution in [-0.4, -0.2) is 29.0 Å². The largest absolute Gasteiger partial charge is 0.504 e. The lowest BCUT2D eigenvalue weighted by Crippen LogP contribution is -2.14. The van der Waals surface area contributed by atoms with Gasteiger partial charge in [0.15, 0.2) is 17.3 Å². The van der Waals surface area contributed by atoms with Crippen LogP contribution < -0.4 is 10.1 Å². The standard InChI is InChI=1S/C35H31NO5S/c1-35(2,3)28-11-7-8-12-29(28)42-25-17-15-24(16-18-25)36-34(40)27-20-26(33(41-4)32(39)31(27)38)30(37)23-14-13-21-9-5-6-10-22(21)19-23/h5-20,38-39H,1-4H3,(H,36,40). The highest BCUT2D eigenvalue weighted by Gasteiger charge is 2.26. The number of hydrogen-bond acceptors (Lipinski definition) is 6. The van der Waals surface area contributed by atoms with Gasteiger partial charge in [0.25, 0.3) is 5.91 Å². The molecule has 0 fully saturated rings. The molecule has 0 aliphatic rings. The Labute approximate surface area is 249 Å². The predicted octanol–water partition coefficient (Wildman–Crippen LogP) is 8.19. The maximum Gasteiger partial charge on any atom is 0.259 e. The van der Waals surface area contributed by atoms with E-state index in [1.54, 1.807) is 36.0 Å². The van der Waals surface area contributed by atoms with E-state index in [-0.39, 0.29) is 22.3 Å². The van der Waals surface area contributed by atoms with Gasteiger partial charge < -0.3 is 20.3 Å². The average Bonchev–Trinajstić information content (AvgIpc) is 2.98. The Balaban J connectivity index is 1.40. The molecule has 1 amide bonds. The number of carbonyl (C=O) groups is 2. The summed E-state index contributed by atoms with van der Waals surface area (Å²) in [7, 11) is 1.28. The maximum absolute atomic E-state index is 13.5. The Bertz CT molecular complexity index is 1810. The molecule has 42 heavy (non-hydrogen) atoms. The molecule has 0 heterocycles. The quantitative estimate of drug-likeness (QED) is 0.133. The second-order valence-corrected chi connectivity index (χ2v) is 12.0. The lowest BCUT2D eigenvalue weighted by molar-refractivity contribution is 0.102. The van der Waals surface area contributed by atoms with Gasteiger partial charge in [0.2, 0.25) is 5.75 Å². The molecule has 0 bridgehead atoms. The van der Waals surface area contributed by atoms with E-state index < -0.39 is 23.2 Å². The van der Waals surface area contributed by atoms with Gasteiger partial charge in [-0.15, -0.1) is 0 Å². The molecule has 0 atom stereocenters. The summed E-state index contributed by atoms with van der Waals surface area (Å²) in [5.74, 6) is -2.71. The van der Waals surface area contributed by atoms with Crippen molar-refractivity contribution in [1.82, 2.24) is 0 Å². The Morgan fingerprint density at radius 2 is 1.43 bits per heavy atom. The number of fused-ring (bicyclic) bond motifs is 1. The zero-order valence-electron chi connectivity index (χ0n) is 23.8. The first kappa shape index (κ1) is 28.8. The van der Waals surface area contributed by atoms with E-state index in [1.165, 1.54) is 18.7 Å². The van der Waals surface area contributed by atoms with Crippen LogP contribution in [0.3, 0.4) is 0 Å². The van der Waals surface area contributed by atoms with E-state index in [2.05, 4.69) is 38.2 Å². The smallest absolute Gasteiger partial charge is 0.259 e. The SMILES string of the molecule is COc1c(C(=O)c2ccc3ccccc3c2)cc(C(=O)Nc2ccc(Sc3ccccc3C(C)(C)C)cc2)c(O)c1O. The van der Waals surface area contributed by atoms with Crippen LogP contribution in [0.2, 0.25) is 0 Å². The van der Waals surface area contributed by atoms with E-state index in [1.807, 2.05) is 54.6 Å². The molecule has 5 rings (SSSR count). The molecule has 0 aromatic heterocycles. The number of carbonyl (C=O) groups excluding carboxylic acids is 2. The number of ketones is 1. The molecule has 0 saturated heterocycles. The highest BCUT2D eigenvalue weighted by Crippen LogP contribution is 2.42. The fourth-order valence-electron chi connectivity index (χ4n) is 4.78. The molecule has 5 aromatic carbocycles. The number of anilines is 1. The highest BCUT2D eigenvalue weighted by molar-refractivity contribution is 7.99. The van der Waals surface area contributed by atoms with E-state index in [0.717, 1.165) is 20.6 Å². The summed E-state index contributed by atoms with van der Waals surface area (Å²) in [6.07, 6.45) is 0. The minimum absolute atomic E-state index is 0.00201. The summed E-state index contributed by atoms with van der Waals surface area (Å²) in [4.78, 5) is 29.0. The molecule has 0 unspecified atom stereocenters. The van der Waals surface area contributed by atoms with Crippen LogP contribution in [0.4, 0.5) is 5.69 Å². The van der Waals surface area contributed by atoms with Crippen molar-refractivity contribution in [2.24, 2.45) is 0 Å². The minimum Gasteiger partial charge on any atom is -0.504 e. The van der Waals surface area contributed by atoms with Gasteiger partial charge in [-0.1, -0.05) is 87.1 Å². The molecular weight excluding hydrogens is 546 g/mol.